The van der Waals surface area contributed by atoms with Gasteiger partial charge in [-0.25, -0.2) is 8.42 Å². The highest BCUT2D eigenvalue weighted by Crippen LogP contribution is 2.28. The molecule has 1 aliphatic heterocycles. The number of ether oxygens (including phenoxy) is 1. The first kappa shape index (κ1) is 17.5. The van der Waals surface area contributed by atoms with Gasteiger partial charge in [-0.2, -0.15) is 0 Å². The zero-order valence-corrected chi connectivity index (χ0v) is 13.5. The molecule has 6 nitrogen and oxygen atoms in total. The van der Waals surface area contributed by atoms with E-state index in [1.165, 1.54) is 7.11 Å². The monoisotopic (exact) mass is 339 g/mol. The van der Waals surface area contributed by atoms with E-state index < -0.39 is 28.7 Å². The molecule has 8 heteroatoms. The van der Waals surface area contributed by atoms with E-state index in [1.54, 1.807) is 18.2 Å². The van der Waals surface area contributed by atoms with E-state index in [2.05, 4.69) is 10.0 Å². The Labute approximate surface area is 134 Å². The number of methoxy groups -OCH3 is 1. The SMILES string of the molecule is CO[C@H](c1ccc(C2=CCS(=O)(=O)CC2)cc1)[C@@H](CF)N=[N+]=[N-]. The van der Waals surface area contributed by atoms with E-state index in [0.717, 1.165) is 11.1 Å². The van der Waals surface area contributed by atoms with Crippen molar-refractivity contribution in [2.75, 3.05) is 25.3 Å². The van der Waals surface area contributed by atoms with Crippen molar-refractivity contribution in [2.45, 2.75) is 18.6 Å². The van der Waals surface area contributed by atoms with Crippen LogP contribution in [-0.2, 0) is 14.6 Å². The molecule has 2 atom stereocenters. The standard InChI is InChI=1S/C15H18FN3O3S/c1-22-15(14(10-16)18-19-17)13-4-2-11(3-5-13)12-6-8-23(20,21)9-7-12/h2-6,14-15H,7-10H2,1H3/t14-,15-/m1/s1. The van der Waals surface area contributed by atoms with E-state index in [-0.39, 0.29) is 11.5 Å². The molecule has 0 spiro atoms. The van der Waals surface area contributed by atoms with E-state index in [0.29, 0.717) is 12.0 Å². The van der Waals surface area contributed by atoms with Crippen molar-refractivity contribution < 1.29 is 17.5 Å². The van der Waals surface area contributed by atoms with E-state index >= 15 is 0 Å². The molecule has 0 N–H and O–H groups in total. The van der Waals surface area contributed by atoms with Gasteiger partial charge in [-0.3, -0.25) is 4.39 Å². The van der Waals surface area contributed by atoms with Gasteiger partial charge in [-0.1, -0.05) is 35.5 Å². The largest absolute Gasteiger partial charge is 0.376 e. The maximum Gasteiger partial charge on any atom is 0.154 e. The summed E-state index contributed by atoms with van der Waals surface area (Å²) >= 11 is 0. The van der Waals surface area contributed by atoms with Crippen molar-refractivity contribution in [3.8, 4) is 0 Å². The first-order chi connectivity index (χ1) is 11.0. The quantitative estimate of drug-likeness (QED) is 0.452. The number of nitrogens with zero attached hydrogens (tertiary/aromatic N) is 3. The summed E-state index contributed by atoms with van der Waals surface area (Å²) in [6, 6.07) is 6.33. The average Bonchev–Trinajstić information content (AvgIpc) is 2.55. The molecule has 0 aromatic heterocycles. The highest BCUT2D eigenvalue weighted by molar-refractivity contribution is 7.91. The number of rotatable bonds is 6. The summed E-state index contributed by atoms with van der Waals surface area (Å²) in [5.74, 6) is 0.216. The van der Waals surface area contributed by atoms with Crippen LogP contribution < -0.4 is 0 Å². The summed E-state index contributed by atoms with van der Waals surface area (Å²) in [4.78, 5) is 2.64. The van der Waals surface area contributed by atoms with Crippen LogP contribution in [0.4, 0.5) is 4.39 Å². The number of allylic oxidation sites excluding steroid dienone is 1. The Kier molecular flexibility index (Phi) is 5.76. The van der Waals surface area contributed by atoms with Crippen molar-refractivity contribution in [1.82, 2.24) is 0 Å². The smallest absolute Gasteiger partial charge is 0.154 e. The Morgan fingerprint density at radius 2 is 2.09 bits per heavy atom. The summed E-state index contributed by atoms with van der Waals surface area (Å²) in [6.45, 7) is -0.812. The normalized spacial score (nSPS) is 19.3. The van der Waals surface area contributed by atoms with Crippen LogP contribution in [0.2, 0.25) is 0 Å². The third-order valence-electron chi connectivity index (χ3n) is 3.84. The number of hydrogen-bond donors (Lipinski definition) is 0. The fraction of sp³-hybridized carbons (Fsp3) is 0.467. The third kappa shape index (κ3) is 4.31. The lowest BCUT2D eigenvalue weighted by Gasteiger charge is -2.21. The first-order valence-corrected chi connectivity index (χ1v) is 8.95. The van der Waals surface area contributed by atoms with Gasteiger partial charge in [0, 0.05) is 12.0 Å². The molecule has 0 amide bonds. The minimum absolute atomic E-state index is 0.0611. The summed E-state index contributed by atoms with van der Waals surface area (Å²) < 4.78 is 41.1. The molecule has 0 saturated carbocycles. The van der Waals surface area contributed by atoms with Gasteiger partial charge in [-0.15, -0.1) is 0 Å². The van der Waals surface area contributed by atoms with Gasteiger partial charge < -0.3 is 4.74 Å². The van der Waals surface area contributed by atoms with Crippen LogP contribution in [0.25, 0.3) is 16.0 Å². The topological polar surface area (TPSA) is 92.1 Å². The van der Waals surface area contributed by atoms with Crippen LogP contribution in [0.15, 0.2) is 35.5 Å². The van der Waals surface area contributed by atoms with Gasteiger partial charge in [0.1, 0.15) is 6.67 Å². The Bertz CT molecular complexity index is 725. The van der Waals surface area contributed by atoms with Gasteiger partial charge in [0.2, 0.25) is 0 Å². The number of halogens is 1. The third-order valence-corrected chi connectivity index (χ3v) is 5.34. The molecule has 0 aliphatic carbocycles. The molecule has 0 saturated heterocycles. The maximum atomic E-state index is 13.0. The zero-order valence-electron chi connectivity index (χ0n) is 12.7. The Balaban J connectivity index is 2.21. The number of alkyl halides is 1. The minimum atomic E-state index is -2.95. The van der Waals surface area contributed by atoms with E-state index in [1.807, 2.05) is 12.1 Å². The average molecular weight is 339 g/mol. The zero-order chi connectivity index (χ0) is 16.9. The van der Waals surface area contributed by atoms with Crippen LogP contribution in [0.1, 0.15) is 23.7 Å². The molecule has 23 heavy (non-hydrogen) atoms. The number of hydrogen-bond acceptors (Lipinski definition) is 4. The maximum absolute atomic E-state index is 13.0. The van der Waals surface area contributed by atoms with Gasteiger partial charge in [0.05, 0.1) is 23.7 Å². The van der Waals surface area contributed by atoms with Crippen LogP contribution in [-0.4, -0.2) is 39.7 Å². The Morgan fingerprint density at radius 1 is 1.39 bits per heavy atom. The lowest BCUT2D eigenvalue weighted by molar-refractivity contribution is 0.0722. The molecular formula is C15H18FN3O3S. The molecule has 0 unspecified atom stereocenters. The van der Waals surface area contributed by atoms with Crippen LogP contribution in [0, 0.1) is 0 Å². The Morgan fingerprint density at radius 3 is 2.57 bits per heavy atom. The number of benzene rings is 1. The predicted octanol–water partition coefficient (Wildman–Crippen LogP) is 3.22. The number of azide groups is 1. The van der Waals surface area contributed by atoms with Gasteiger partial charge >= 0.3 is 0 Å². The van der Waals surface area contributed by atoms with Gasteiger partial charge in [0.15, 0.2) is 9.84 Å². The summed E-state index contributed by atoms with van der Waals surface area (Å²) in [5, 5.41) is 3.42. The van der Waals surface area contributed by atoms with Gasteiger partial charge in [0.25, 0.3) is 0 Å². The number of sulfone groups is 1. The molecule has 1 aromatic carbocycles. The van der Waals surface area contributed by atoms with E-state index in [9.17, 15) is 12.8 Å². The lowest BCUT2D eigenvalue weighted by atomic mass is 9.98. The predicted molar refractivity (Wildman–Crippen MR) is 86.3 cm³/mol. The molecule has 1 aromatic rings. The molecule has 1 heterocycles. The fourth-order valence-corrected chi connectivity index (χ4v) is 3.73. The van der Waals surface area contributed by atoms with Crippen molar-refractivity contribution in [1.29, 1.82) is 0 Å². The minimum Gasteiger partial charge on any atom is -0.376 e. The van der Waals surface area contributed by atoms with Gasteiger partial charge in [-0.05, 0) is 28.7 Å². The summed E-state index contributed by atoms with van der Waals surface area (Å²) in [7, 11) is -1.52. The molecule has 124 valence electrons. The highest BCUT2D eigenvalue weighted by Gasteiger charge is 2.23. The highest BCUT2D eigenvalue weighted by atomic mass is 32.2. The molecule has 0 radical (unpaired) electrons. The summed E-state index contributed by atoms with van der Waals surface area (Å²) in [6.07, 6.45) is 1.55. The molecular weight excluding hydrogens is 321 g/mol. The second kappa shape index (κ2) is 7.59. The lowest BCUT2D eigenvalue weighted by Crippen LogP contribution is -2.20. The van der Waals surface area contributed by atoms with Crippen LogP contribution in [0.5, 0.6) is 0 Å². The van der Waals surface area contributed by atoms with E-state index in [4.69, 9.17) is 10.3 Å². The van der Waals surface area contributed by atoms with Crippen molar-refractivity contribution in [3.05, 3.63) is 51.9 Å². The molecule has 0 bridgehead atoms. The first-order valence-electron chi connectivity index (χ1n) is 7.13. The Hall–Kier alpha value is -1.89. The molecule has 1 aliphatic rings. The second-order valence-corrected chi connectivity index (χ2v) is 7.53. The summed E-state index contributed by atoms with van der Waals surface area (Å²) in [5.41, 5.74) is 11.1. The van der Waals surface area contributed by atoms with Crippen molar-refractivity contribution >= 4 is 15.4 Å². The van der Waals surface area contributed by atoms with Crippen LogP contribution in [0.3, 0.4) is 0 Å². The van der Waals surface area contributed by atoms with Crippen LogP contribution >= 0.6 is 0 Å². The molecule has 0 fully saturated rings. The fourth-order valence-electron chi connectivity index (χ4n) is 2.58. The second-order valence-electron chi connectivity index (χ2n) is 5.30. The van der Waals surface area contributed by atoms with Crippen molar-refractivity contribution in [3.63, 3.8) is 0 Å². The molecule has 2 rings (SSSR count). The van der Waals surface area contributed by atoms with Crippen molar-refractivity contribution in [2.24, 2.45) is 5.11 Å².